The molecule has 6 nitrogen and oxygen atoms in total. The lowest BCUT2D eigenvalue weighted by molar-refractivity contribution is -0.253. The summed E-state index contributed by atoms with van der Waals surface area (Å²) in [5.74, 6) is -4.10. The minimum Gasteiger partial charge on any atom is -0.394 e. The van der Waals surface area contributed by atoms with Crippen molar-refractivity contribution in [2.75, 3.05) is 17.5 Å². The molecule has 0 spiro atoms. The van der Waals surface area contributed by atoms with Gasteiger partial charge in [0.25, 0.3) is 0 Å². The van der Waals surface area contributed by atoms with Gasteiger partial charge in [-0.25, -0.2) is 8.60 Å². The molecule has 2 heterocycles. The Morgan fingerprint density at radius 1 is 1.03 bits per heavy atom. The molecule has 0 fully saturated rings. The van der Waals surface area contributed by atoms with E-state index >= 15 is 0 Å². The Morgan fingerprint density at radius 3 is 2.21 bits per heavy atom. The van der Waals surface area contributed by atoms with Crippen molar-refractivity contribution in [3.05, 3.63) is 77.4 Å². The van der Waals surface area contributed by atoms with Gasteiger partial charge in [-0.3, -0.25) is 8.99 Å². The third kappa shape index (κ3) is 7.79. The molecule has 2 N–H and O–H groups in total. The first-order valence-corrected chi connectivity index (χ1v) is 12.8. The van der Waals surface area contributed by atoms with E-state index in [2.05, 4.69) is 5.10 Å². The number of aromatic nitrogens is 2. The molecule has 39 heavy (non-hydrogen) atoms. The number of alkyl halides is 6. The average molecular weight is 582 g/mol. The quantitative estimate of drug-likeness (QED) is 0.400. The Labute approximate surface area is 222 Å². The molecule has 2 aromatic carbocycles. The highest BCUT2D eigenvalue weighted by molar-refractivity contribution is 7.86. The van der Waals surface area contributed by atoms with Gasteiger partial charge < -0.3 is 10.2 Å². The van der Waals surface area contributed by atoms with Gasteiger partial charge in [-0.15, -0.1) is 0 Å². The van der Waals surface area contributed by atoms with Crippen LogP contribution in [0.3, 0.4) is 0 Å². The molecular formula is C25H26F7N3O3S. The third-order valence-electron chi connectivity index (χ3n) is 5.91. The van der Waals surface area contributed by atoms with Crippen LogP contribution < -0.4 is 4.31 Å². The molecule has 1 aliphatic rings. The molecule has 4 rings (SSSR count). The number of aliphatic hydroxyl groups excluding tert-OH is 2. The van der Waals surface area contributed by atoms with Crippen LogP contribution in [0, 0.1) is 12.7 Å². The van der Waals surface area contributed by atoms with E-state index in [9.17, 15) is 34.9 Å². The topological polar surface area (TPSA) is 78.6 Å². The maximum Gasteiger partial charge on any atom is 0.404 e. The zero-order chi connectivity index (χ0) is 29.0. The van der Waals surface area contributed by atoms with Crippen LogP contribution in [0.1, 0.15) is 29.2 Å². The lowest BCUT2D eigenvalue weighted by Gasteiger charge is -2.31. The summed E-state index contributed by atoms with van der Waals surface area (Å²) in [7, 11) is -1.77. The SMILES string of the molecule is Cc1ccnn1CC(O)CO.O=S(c1ccc(F)cc1)N1CCCc2cc(C(C(F)(F)F)C(F)(F)F)ccc21. The highest BCUT2D eigenvalue weighted by Gasteiger charge is 2.57. The molecule has 0 amide bonds. The van der Waals surface area contributed by atoms with E-state index in [4.69, 9.17) is 10.2 Å². The largest absolute Gasteiger partial charge is 0.404 e. The van der Waals surface area contributed by atoms with Crippen molar-refractivity contribution in [2.45, 2.75) is 55.6 Å². The minimum atomic E-state index is -5.47. The first-order chi connectivity index (χ1) is 18.2. The van der Waals surface area contributed by atoms with Crippen molar-refractivity contribution in [2.24, 2.45) is 0 Å². The molecule has 0 saturated heterocycles. The van der Waals surface area contributed by atoms with Crippen LogP contribution in [0.25, 0.3) is 0 Å². The summed E-state index contributed by atoms with van der Waals surface area (Å²) in [4.78, 5) is 0.279. The number of aryl methyl sites for hydroxylation is 2. The molecule has 2 atom stereocenters. The molecule has 0 bridgehead atoms. The lowest BCUT2D eigenvalue weighted by atomic mass is 9.93. The molecule has 0 saturated carbocycles. The second kappa shape index (κ2) is 12.5. The summed E-state index contributed by atoms with van der Waals surface area (Å²) < 4.78 is 107. The van der Waals surface area contributed by atoms with Gasteiger partial charge in [0.2, 0.25) is 0 Å². The highest BCUT2D eigenvalue weighted by Crippen LogP contribution is 2.47. The van der Waals surface area contributed by atoms with Gasteiger partial charge in [-0.05, 0) is 67.3 Å². The van der Waals surface area contributed by atoms with Gasteiger partial charge in [0, 0.05) is 18.4 Å². The zero-order valence-electron chi connectivity index (χ0n) is 20.6. The predicted molar refractivity (Wildman–Crippen MR) is 130 cm³/mol. The van der Waals surface area contributed by atoms with E-state index < -0.39 is 46.7 Å². The van der Waals surface area contributed by atoms with Gasteiger partial charge in [-0.1, -0.05) is 12.1 Å². The number of hydrogen-bond acceptors (Lipinski definition) is 4. The van der Waals surface area contributed by atoms with Crippen LogP contribution in [-0.4, -0.2) is 55.8 Å². The predicted octanol–water partition coefficient (Wildman–Crippen LogP) is 5.05. The summed E-state index contributed by atoms with van der Waals surface area (Å²) in [5, 5.41) is 21.5. The number of anilines is 1. The van der Waals surface area contributed by atoms with Crippen LogP contribution in [0.2, 0.25) is 0 Å². The van der Waals surface area contributed by atoms with Gasteiger partial charge in [0.1, 0.15) is 5.82 Å². The number of aliphatic hydroxyl groups is 2. The zero-order valence-corrected chi connectivity index (χ0v) is 21.4. The smallest absolute Gasteiger partial charge is 0.394 e. The van der Waals surface area contributed by atoms with E-state index in [-0.39, 0.29) is 23.5 Å². The normalized spacial score (nSPS) is 15.4. The van der Waals surface area contributed by atoms with Crippen molar-refractivity contribution in [3.8, 4) is 0 Å². The van der Waals surface area contributed by atoms with E-state index in [1.807, 2.05) is 13.0 Å². The summed E-state index contributed by atoms with van der Waals surface area (Å²) in [6.07, 6.45) is -9.32. The van der Waals surface area contributed by atoms with Gasteiger partial charge in [0.15, 0.2) is 16.9 Å². The maximum atomic E-state index is 13.0. The first-order valence-electron chi connectivity index (χ1n) is 11.7. The Balaban J connectivity index is 0.000000320. The fourth-order valence-electron chi connectivity index (χ4n) is 4.02. The Morgan fingerprint density at radius 2 is 1.67 bits per heavy atom. The van der Waals surface area contributed by atoms with Crippen molar-refractivity contribution in [1.82, 2.24) is 9.78 Å². The molecule has 1 aliphatic heterocycles. The maximum absolute atomic E-state index is 13.0. The number of halogens is 7. The van der Waals surface area contributed by atoms with Crippen molar-refractivity contribution < 1.29 is 45.2 Å². The number of rotatable bonds is 6. The summed E-state index contributed by atoms with van der Waals surface area (Å²) in [6.45, 7) is 2.34. The second-order valence-corrected chi connectivity index (χ2v) is 10.2. The molecule has 14 heteroatoms. The summed E-state index contributed by atoms with van der Waals surface area (Å²) >= 11 is 0. The Kier molecular flexibility index (Phi) is 9.78. The number of benzene rings is 2. The number of hydrogen-bond donors (Lipinski definition) is 2. The van der Waals surface area contributed by atoms with Crippen LogP contribution in [0.5, 0.6) is 0 Å². The molecule has 3 aromatic rings. The van der Waals surface area contributed by atoms with Crippen LogP contribution in [0.15, 0.2) is 59.6 Å². The van der Waals surface area contributed by atoms with Crippen molar-refractivity contribution >= 4 is 16.7 Å². The third-order valence-corrected chi connectivity index (χ3v) is 7.36. The van der Waals surface area contributed by atoms with Gasteiger partial charge >= 0.3 is 12.4 Å². The Hall–Kier alpha value is -2.97. The van der Waals surface area contributed by atoms with Gasteiger partial charge in [-0.2, -0.15) is 31.4 Å². The van der Waals surface area contributed by atoms with Crippen LogP contribution in [-0.2, 0) is 24.0 Å². The molecule has 1 aromatic heterocycles. The van der Waals surface area contributed by atoms with Gasteiger partial charge in [0.05, 0.1) is 29.8 Å². The summed E-state index contributed by atoms with van der Waals surface area (Å²) in [6, 6.07) is 9.52. The Bertz CT molecular complexity index is 1250. The second-order valence-electron chi connectivity index (χ2n) is 8.80. The van der Waals surface area contributed by atoms with E-state index in [0.717, 1.165) is 36.0 Å². The van der Waals surface area contributed by atoms with E-state index in [0.29, 0.717) is 25.2 Å². The lowest BCUT2D eigenvalue weighted by Crippen LogP contribution is -2.35. The standard InChI is InChI=1S/C18H14F7NOS.C7H12N2O2/c19-13-4-6-14(7-5-13)28(27)26-9-1-2-11-10-12(3-8-15(11)26)16(17(20,21)22)18(23,24)25;1-6-2-3-8-9(6)4-7(11)5-10/h3-8,10,16H,1-2,9H2;2-3,7,10-11H,4-5H2,1H3. The molecular weight excluding hydrogens is 555 g/mol. The van der Waals surface area contributed by atoms with E-state index in [1.54, 1.807) is 10.9 Å². The molecule has 0 radical (unpaired) electrons. The fourth-order valence-corrected chi connectivity index (χ4v) is 5.30. The average Bonchev–Trinajstić information content (AvgIpc) is 3.26. The number of fused-ring (bicyclic) bond motifs is 1. The fraction of sp³-hybridized carbons (Fsp3) is 0.400. The first kappa shape index (κ1) is 30.6. The molecule has 0 aliphatic carbocycles. The van der Waals surface area contributed by atoms with E-state index in [1.165, 1.54) is 16.4 Å². The summed E-state index contributed by atoms with van der Waals surface area (Å²) in [5.41, 5.74) is 0.657. The highest BCUT2D eigenvalue weighted by atomic mass is 32.2. The monoisotopic (exact) mass is 581 g/mol. The minimum absolute atomic E-state index is 0.223. The van der Waals surface area contributed by atoms with Crippen LogP contribution in [0.4, 0.5) is 36.4 Å². The molecule has 214 valence electrons. The molecule has 2 unspecified atom stereocenters. The number of nitrogens with zero attached hydrogens (tertiary/aromatic N) is 3. The van der Waals surface area contributed by atoms with Crippen LogP contribution >= 0.6 is 0 Å². The van der Waals surface area contributed by atoms with Crippen molar-refractivity contribution in [3.63, 3.8) is 0 Å². The van der Waals surface area contributed by atoms with Crippen molar-refractivity contribution in [1.29, 1.82) is 0 Å².